The molecule has 0 amide bonds. The van der Waals surface area contributed by atoms with E-state index in [-0.39, 0.29) is 6.04 Å². The zero-order valence-electron chi connectivity index (χ0n) is 7.53. The lowest BCUT2D eigenvalue weighted by Gasteiger charge is -2.35. The first-order valence-corrected chi connectivity index (χ1v) is 5.08. The fourth-order valence-electron chi connectivity index (χ4n) is 3.82. The summed E-state index contributed by atoms with van der Waals surface area (Å²) >= 11 is 0. The molecule has 3 rings (SSSR count). The zero-order valence-corrected chi connectivity index (χ0v) is 7.53. The average molecular weight is 178 g/mol. The molecule has 0 spiro atoms. The number of nitriles is 1. The monoisotopic (exact) mass is 178 g/mol. The molecule has 0 aromatic rings. The van der Waals surface area contributed by atoms with Crippen LogP contribution in [0.25, 0.3) is 0 Å². The molecule has 1 saturated heterocycles. The van der Waals surface area contributed by atoms with Gasteiger partial charge in [0.05, 0.1) is 18.1 Å². The van der Waals surface area contributed by atoms with Crippen molar-refractivity contribution in [1.82, 2.24) is 5.32 Å². The van der Waals surface area contributed by atoms with Crippen LogP contribution in [0, 0.1) is 29.1 Å². The van der Waals surface area contributed by atoms with Crippen molar-refractivity contribution in [2.75, 3.05) is 6.54 Å². The summed E-state index contributed by atoms with van der Waals surface area (Å²) in [6.45, 7) is 1.06. The molecule has 3 fully saturated rings. The van der Waals surface area contributed by atoms with E-state index in [4.69, 9.17) is 5.26 Å². The molecule has 13 heavy (non-hydrogen) atoms. The van der Waals surface area contributed by atoms with E-state index in [9.17, 15) is 5.11 Å². The second kappa shape index (κ2) is 2.26. The van der Waals surface area contributed by atoms with Gasteiger partial charge in [-0.1, -0.05) is 0 Å². The Morgan fingerprint density at radius 3 is 3.15 bits per heavy atom. The summed E-state index contributed by atoms with van der Waals surface area (Å²) in [5.74, 6) is 1.83. The number of hydrogen-bond donors (Lipinski definition) is 2. The van der Waals surface area contributed by atoms with Gasteiger partial charge in [0.1, 0.15) is 0 Å². The summed E-state index contributed by atoms with van der Waals surface area (Å²) in [7, 11) is 0. The van der Waals surface area contributed by atoms with Crippen molar-refractivity contribution in [3.63, 3.8) is 0 Å². The lowest BCUT2D eigenvalue weighted by Crippen LogP contribution is -2.50. The van der Waals surface area contributed by atoms with Crippen LogP contribution in [0.4, 0.5) is 0 Å². The highest BCUT2D eigenvalue weighted by Crippen LogP contribution is 2.57. The Bertz CT molecular complexity index is 283. The van der Waals surface area contributed by atoms with Crippen molar-refractivity contribution >= 4 is 0 Å². The molecular weight excluding hydrogens is 164 g/mol. The number of hydrogen-bond acceptors (Lipinski definition) is 3. The minimum atomic E-state index is -0.702. The first kappa shape index (κ1) is 7.78. The third-order valence-corrected chi connectivity index (χ3v) is 4.39. The molecule has 3 nitrogen and oxygen atoms in total. The molecule has 3 aliphatic rings. The van der Waals surface area contributed by atoms with Crippen molar-refractivity contribution in [3.05, 3.63) is 0 Å². The highest BCUT2D eigenvalue weighted by atomic mass is 16.3. The van der Waals surface area contributed by atoms with E-state index in [0.29, 0.717) is 18.3 Å². The normalized spacial score (nSPS) is 56.9. The molecule has 2 saturated carbocycles. The van der Waals surface area contributed by atoms with E-state index < -0.39 is 5.60 Å². The van der Waals surface area contributed by atoms with Crippen LogP contribution >= 0.6 is 0 Å². The number of nitrogens with one attached hydrogen (secondary N) is 1. The van der Waals surface area contributed by atoms with Crippen molar-refractivity contribution in [2.24, 2.45) is 17.8 Å². The van der Waals surface area contributed by atoms with Crippen molar-refractivity contribution in [1.29, 1.82) is 5.26 Å². The Kier molecular flexibility index (Phi) is 1.35. The van der Waals surface area contributed by atoms with Gasteiger partial charge in [-0.15, -0.1) is 0 Å². The van der Waals surface area contributed by atoms with Gasteiger partial charge in [0.2, 0.25) is 0 Å². The Balaban J connectivity index is 1.96. The Morgan fingerprint density at radius 2 is 2.38 bits per heavy atom. The van der Waals surface area contributed by atoms with E-state index in [2.05, 4.69) is 11.4 Å². The van der Waals surface area contributed by atoms with Crippen molar-refractivity contribution < 1.29 is 5.11 Å². The van der Waals surface area contributed by atoms with Gasteiger partial charge in [-0.2, -0.15) is 5.26 Å². The third kappa shape index (κ3) is 0.762. The van der Waals surface area contributed by atoms with Crippen LogP contribution in [0.3, 0.4) is 0 Å². The van der Waals surface area contributed by atoms with E-state index in [0.717, 1.165) is 25.3 Å². The smallest absolute Gasteiger partial charge is 0.0960 e. The summed E-state index contributed by atoms with van der Waals surface area (Å²) < 4.78 is 0. The van der Waals surface area contributed by atoms with E-state index in [1.54, 1.807) is 0 Å². The Morgan fingerprint density at radius 1 is 1.54 bits per heavy atom. The summed E-state index contributed by atoms with van der Waals surface area (Å²) in [5.41, 5.74) is -0.702. The summed E-state index contributed by atoms with van der Waals surface area (Å²) in [6, 6.07) is 2.35. The van der Waals surface area contributed by atoms with Gasteiger partial charge in [-0.25, -0.2) is 0 Å². The predicted molar refractivity (Wildman–Crippen MR) is 46.7 cm³/mol. The van der Waals surface area contributed by atoms with Crippen LogP contribution < -0.4 is 5.32 Å². The second-order valence-corrected chi connectivity index (χ2v) is 4.80. The topological polar surface area (TPSA) is 56.0 Å². The van der Waals surface area contributed by atoms with Crippen LogP contribution in [0.2, 0.25) is 0 Å². The van der Waals surface area contributed by atoms with Gasteiger partial charge in [0.25, 0.3) is 0 Å². The third-order valence-electron chi connectivity index (χ3n) is 4.39. The van der Waals surface area contributed by atoms with E-state index in [1.807, 2.05) is 0 Å². The molecule has 2 N–H and O–H groups in total. The maximum Gasteiger partial charge on any atom is 0.0960 e. The van der Waals surface area contributed by atoms with Crippen LogP contribution in [0.1, 0.15) is 19.3 Å². The number of fused-ring (bicyclic) bond motifs is 1. The molecule has 5 atom stereocenters. The van der Waals surface area contributed by atoms with Gasteiger partial charge >= 0.3 is 0 Å². The Labute approximate surface area is 77.7 Å². The SMILES string of the molecule is N#CCC1(O)C2CC3CNC1C3C2. The molecule has 2 aliphatic carbocycles. The standard InChI is InChI=1S/C10H14N2O/c11-2-1-10(13)7-3-6-5-12-9(10)8(6)4-7/h6-9,12-13H,1,3-5H2. The second-order valence-electron chi connectivity index (χ2n) is 4.80. The first-order valence-electron chi connectivity index (χ1n) is 5.08. The molecule has 0 radical (unpaired) electrons. The highest BCUT2D eigenvalue weighted by molar-refractivity contribution is 5.19. The van der Waals surface area contributed by atoms with Gasteiger partial charge < -0.3 is 10.4 Å². The number of nitrogens with zero attached hydrogens (tertiary/aromatic N) is 1. The van der Waals surface area contributed by atoms with Crippen LogP contribution in [0.15, 0.2) is 0 Å². The molecule has 1 aliphatic heterocycles. The molecule has 1 heterocycles. The van der Waals surface area contributed by atoms with Crippen LogP contribution in [-0.2, 0) is 0 Å². The average Bonchev–Trinajstić information content (AvgIpc) is 2.63. The molecule has 0 aromatic heterocycles. The predicted octanol–water partition coefficient (Wildman–Crippen LogP) is 0.259. The number of rotatable bonds is 1. The first-order chi connectivity index (χ1) is 6.25. The van der Waals surface area contributed by atoms with Crippen molar-refractivity contribution in [3.8, 4) is 6.07 Å². The molecule has 0 aromatic carbocycles. The minimum Gasteiger partial charge on any atom is -0.387 e. The maximum absolute atomic E-state index is 10.4. The summed E-state index contributed by atoms with van der Waals surface area (Å²) in [6.07, 6.45) is 2.57. The van der Waals surface area contributed by atoms with Gasteiger partial charge in [-0.05, 0) is 37.1 Å². The zero-order chi connectivity index (χ0) is 9.05. The van der Waals surface area contributed by atoms with E-state index >= 15 is 0 Å². The number of aliphatic hydroxyl groups is 1. The fraction of sp³-hybridized carbons (Fsp3) is 0.900. The molecule has 2 bridgehead atoms. The summed E-state index contributed by atoms with van der Waals surface area (Å²) in [5, 5.41) is 22.5. The van der Waals surface area contributed by atoms with Gasteiger partial charge in [0, 0.05) is 6.04 Å². The summed E-state index contributed by atoms with van der Waals surface area (Å²) in [4.78, 5) is 0. The van der Waals surface area contributed by atoms with E-state index in [1.165, 1.54) is 0 Å². The van der Waals surface area contributed by atoms with Crippen LogP contribution in [-0.4, -0.2) is 23.3 Å². The fourth-order valence-corrected chi connectivity index (χ4v) is 3.82. The minimum absolute atomic E-state index is 0.218. The Hall–Kier alpha value is -0.590. The molecule has 5 unspecified atom stereocenters. The van der Waals surface area contributed by atoms with Crippen molar-refractivity contribution in [2.45, 2.75) is 30.9 Å². The van der Waals surface area contributed by atoms with Crippen LogP contribution in [0.5, 0.6) is 0 Å². The largest absolute Gasteiger partial charge is 0.387 e. The lowest BCUT2D eigenvalue weighted by molar-refractivity contribution is -0.0271. The quantitative estimate of drug-likeness (QED) is 0.605. The van der Waals surface area contributed by atoms with Gasteiger partial charge in [0.15, 0.2) is 0 Å². The molecule has 3 heteroatoms. The van der Waals surface area contributed by atoms with Gasteiger partial charge in [-0.3, -0.25) is 0 Å². The lowest BCUT2D eigenvalue weighted by atomic mass is 9.77. The molecular formula is C10H14N2O. The molecule has 70 valence electrons. The highest BCUT2D eigenvalue weighted by Gasteiger charge is 2.63. The maximum atomic E-state index is 10.4.